The number of aromatic amines is 1. The smallest absolute Gasteiger partial charge is 0.340 e. The number of H-pyrrole nitrogens is 1. The summed E-state index contributed by atoms with van der Waals surface area (Å²) < 4.78 is 18.0. The van der Waals surface area contributed by atoms with E-state index in [4.69, 9.17) is 11.6 Å². The number of fused-ring (bicyclic) bond motifs is 1. The van der Waals surface area contributed by atoms with Gasteiger partial charge in [-0.15, -0.1) is 0 Å². The van der Waals surface area contributed by atoms with Crippen LogP contribution in [0, 0.1) is 5.82 Å². The van der Waals surface area contributed by atoms with Gasteiger partial charge in [0.25, 0.3) is 0 Å². The number of benzene rings is 1. The molecule has 2 rings (SSSR count). The fourth-order valence-electron chi connectivity index (χ4n) is 1.42. The fraction of sp³-hybridized carbons (Fsp3) is 0.100. The number of nitrogens with one attached hydrogen (secondary N) is 1. The molecule has 3 nitrogen and oxygen atoms in total. The standard InChI is InChI=1S/C10H7ClFNO2/c1-15-10(14)6-4-13-9-5(6)2-3-7(11)8(9)12/h2-4,13H,1H3. The Morgan fingerprint density at radius 1 is 1.53 bits per heavy atom. The zero-order valence-electron chi connectivity index (χ0n) is 7.80. The third-order valence-corrected chi connectivity index (χ3v) is 2.44. The molecule has 0 atom stereocenters. The second-order valence-electron chi connectivity index (χ2n) is 2.98. The molecule has 78 valence electrons. The molecule has 0 unspecified atom stereocenters. The zero-order valence-corrected chi connectivity index (χ0v) is 8.56. The summed E-state index contributed by atoms with van der Waals surface area (Å²) in [6.07, 6.45) is 1.40. The van der Waals surface area contributed by atoms with E-state index >= 15 is 0 Å². The van der Waals surface area contributed by atoms with Gasteiger partial charge in [-0.05, 0) is 6.07 Å². The highest BCUT2D eigenvalue weighted by Gasteiger charge is 2.15. The normalized spacial score (nSPS) is 10.6. The maximum atomic E-state index is 13.5. The van der Waals surface area contributed by atoms with Crippen molar-refractivity contribution in [2.75, 3.05) is 7.11 Å². The molecule has 0 spiro atoms. The van der Waals surface area contributed by atoms with Gasteiger partial charge in [-0.2, -0.15) is 0 Å². The van der Waals surface area contributed by atoms with Crippen molar-refractivity contribution in [2.45, 2.75) is 0 Å². The first-order valence-corrected chi connectivity index (χ1v) is 4.56. The molecule has 0 bridgehead atoms. The van der Waals surface area contributed by atoms with Crippen LogP contribution in [0.4, 0.5) is 4.39 Å². The van der Waals surface area contributed by atoms with Crippen LogP contribution in [0.25, 0.3) is 10.9 Å². The molecule has 1 heterocycles. The van der Waals surface area contributed by atoms with Crippen LogP contribution in [0.1, 0.15) is 10.4 Å². The van der Waals surface area contributed by atoms with Crippen molar-refractivity contribution in [3.8, 4) is 0 Å². The van der Waals surface area contributed by atoms with Crippen LogP contribution in [0.3, 0.4) is 0 Å². The summed E-state index contributed by atoms with van der Waals surface area (Å²) in [6.45, 7) is 0. The predicted octanol–water partition coefficient (Wildman–Crippen LogP) is 2.75. The molecule has 2 aromatic rings. The Morgan fingerprint density at radius 3 is 2.93 bits per heavy atom. The second-order valence-corrected chi connectivity index (χ2v) is 3.39. The average molecular weight is 228 g/mol. The van der Waals surface area contributed by atoms with E-state index in [1.54, 1.807) is 6.07 Å². The summed E-state index contributed by atoms with van der Waals surface area (Å²) in [5.41, 5.74) is 0.506. The number of ether oxygens (including phenoxy) is 1. The Hall–Kier alpha value is -1.55. The van der Waals surface area contributed by atoms with Crippen LogP contribution in [0.2, 0.25) is 5.02 Å². The van der Waals surface area contributed by atoms with E-state index in [0.717, 1.165) is 0 Å². The zero-order chi connectivity index (χ0) is 11.0. The first-order chi connectivity index (χ1) is 7.15. The number of carbonyl (C=O) groups excluding carboxylic acids is 1. The summed E-state index contributed by atoms with van der Waals surface area (Å²) >= 11 is 5.60. The molecule has 15 heavy (non-hydrogen) atoms. The Kier molecular flexibility index (Phi) is 2.36. The SMILES string of the molecule is COC(=O)c1c[nH]c2c(F)c(Cl)ccc12. The molecule has 0 aliphatic rings. The molecule has 0 fully saturated rings. The number of hydrogen-bond donors (Lipinski definition) is 1. The molecule has 0 saturated heterocycles. The van der Waals surface area contributed by atoms with Gasteiger partial charge in [-0.3, -0.25) is 0 Å². The predicted molar refractivity (Wildman–Crippen MR) is 54.6 cm³/mol. The van der Waals surface area contributed by atoms with Crippen molar-refractivity contribution >= 4 is 28.5 Å². The van der Waals surface area contributed by atoms with E-state index in [2.05, 4.69) is 9.72 Å². The highest BCUT2D eigenvalue weighted by Crippen LogP contribution is 2.26. The number of aromatic nitrogens is 1. The van der Waals surface area contributed by atoms with E-state index < -0.39 is 11.8 Å². The molecule has 1 aromatic carbocycles. The lowest BCUT2D eigenvalue weighted by atomic mass is 10.2. The van der Waals surface area contributed by atoms with Crippen LogP contribution in [0.15, 0.2) is 18.3 Å². The molecule has 1 aromatic heterocycles. The Labute approximate surface area is 89.8 Å². The quantitative estimate of drug-likeness (QED) is 0.762. The number of esters is 1. The minimum absolute atomic E-state index is 0.0146. The molecular weight excluding hydrogens is 221 g/mol. The summed E-state index contributed by atoms with van der Waals surface area (Å²) in [6, 6.07) is 2.98. The first kappa shape index (κ1) is 9.98. The lowest BCUT2D eigenvalue weighted by molar-refractivity contribution is 0.0603. The van der Waals surface area contributed by atoms with Gasteiger partial charge in [0.05, 0.1) is 23.2 Å². The Balaban J connectivity index is 2.72. The fourth-order valence-corrected chi connectivity index (χ4v) is 1.57. The molecule has 0 radical (unpaired) electrons. The van der Waals surface area contributed by atoms with Gasteiger partial charge in [0.1, 0.15) is 0 Å². The van der Waals surface area contributed by atoms with Crippen molar-refractivity contribution in [1.29, 1.82) is 0 Å². The van der Waals surface area contributed by atoms with Gasteiger partial charge in [-0.25, -0.2) is 9.18 Å². The van der Waals surface area contributed by atoms with Gasteiger partial charge in [0.15, 0.2) is 5.82 Å². The number of methoxy groups -OCH3 is 1. The van der Waals surface area contributed by atoms with E-state index in [0.29, 0.717) is 10.9 Å². The van der Waals surface area contributed by atoms with Gasteiger partial charge in [-0.1, -0.05) is 17.7 Å². The highest BCUT2D eigenvalue weighted by molar-refractivity contribution is 6.31. The molecule has 0 aliphatic heterocycles. The number of halogens is 2. The lowest BCUT2D eigenvalue weighted by Gasteiger charge is -1.98. The van der Waals surface area contributed by atoms with Crippen molar-refractivity contribution < 1.29 is 13.9 Å². The lowest BCUT2D eigenvalue weighted by Crippen LogP contribution is -1.99. The molecule has 5 heteroatoms. The van der Waals surface area contributed by atoms with Crippen molar-refractivity contribution in [3.63, 3.8) is 0 Å². The minimum atomic E-state index is -0.565. The topological polar surface area (TPSA) is 42.1 Å². The largest absolute Gasteiger partial charge is 0.465 e. The number of hydrogen-bond acceptors (Lipinski definition) is 2. The van der Waals surface area contributed by atoms with Crippen LogP contribution in [-0.4, -0.2) is 18.1 Å². The summed E-state index contributed by atoms with van der Waals surface area (Å²) in [5.74, 6) is -1.08. The molecular formula is C10H7ClFNO2. The van der Waals surface area contributed by atoms with E-state index in [1.165, 1.54) is 19.4 Å². The minimum Gasteiger partial charge on any atom is -0.465 e. The van der Waals surface area contributed by atoms with Crippen molar-refractivity contribution in [2.24, 2.45) is 0 Å². The van der Waals surface area contributed by atoms with Gasteiger partial charge < -0.3 is 9.72 Å². The molecule has 0 aliphatic carbocycles. The summed E-state index contributed by atoms with van der Waals surface area (Å²) in [4.78, 5) is 13.9. The maximum absolute atomic E-state index is 13.5. The summed E-state index contributed by atoms with van der Waals surface area (Å²) in [5, 5.41) is 0.476. The first-order valence-electron chi connectivity index (χ1n) is 4.18. The average Bonchev–Trinajstić information content (AvgIpc) is 2.66. The maximum Gasteiger partial charge on any atom is 0.340 e. The molecule has 0 saturated carbocycles. The Bertz CT molecular complexity index is 535. The van der Waals surface area contributed by atoms with E-state index in [1.807, 2.05) is 0 Å². The number of carbonyl (C=O) groups is 1. The van der Waals surface area contributed by atoms with Crippen molar-refractivity contribution in [1.82, 2.24) is 4.98 Å². The van der Waals surface area contributed by atoms with Gasteiger partial charge in [0, 0.05) is 11.6 Å². The van der Waals surface area contributed by atoms with Crippen LogP contribution in [0.5, 0.6) is 0 Å². The molecule has 1 N–H and O–H groups in total. The monoisotopic (exact) mass is 227 g/mol. The van der Waals surface area contributed by atoms with Crippen molar-refractivity contribution in [3.05, 3.63) is 34.7 Å². The van der Waals surface area contributed by atoms with Crippen LogP contribution in [-0.2, 0) is 4.74 Å². The second kappa shape index (κ2) is 3.55. The third kappa shape index (κ3) is 1.47. The Morgan fingerprint density at radius 2 is 2.27 bits per heavy atom. The highest BCUT2D eigenvalue weighted by atomic mass is 35.5. The third-order valence-electron chi connectivity index (χ3n) is 2.15. The van der Waals surface area contributed by atoms with Crippen LogP contribution >= 0.6 is 11.6 Å². The van der Waals surface area contributed by atoms with E-state index in [-0.39, 0.29) is 10.5 Å². The van der Waals surface area contributed by atoms with Crippen LogP contribution < -0.4 is 0 Å². The van der Waals surface area contributed by atoms with E-state index in [9.17, 15) is 9.18 Å². The van der Waals surface area contributed by atoms with Gasteiger partial charge in [0.2, 0.25) is 0 Å². The van der Waals surface area contributed by atoms with Gasteiger partial charge >= 0.3 is 5.97 Å². The summed E-state index contributed by atoms with van der Waals surface area (Å²) in [7, 11) is 1.27. The molecule has 0 amide bonds. The number of rotatable bonds is 1.